The van der Waals surface area contributed by atoms with E-state index >= 15 is 0 Å². The van der Waals surface area contributed by atoms with Gasteiger partial charge in [-0.05, 0) is 23.8 Å². The summed E-state index contributed by atoms with van der Waals surface area (Å²) in [5.74, 6) is -0.664. The highest BCUT2D eigenvalue weighted by Gasteiger charge is 2.34. The Balaban J connectivity index is 1.56. The van der Waals surface area contributed by atoms with Crippen molar-refractivity contribution in [1.29, 1.82) is 0 Å². The van der Waals surface area contributed by atoms with Crippen molar-refractivity contribution in [3.8, 4) is 11.6 Å². The van der Waals surface area contributed by atoms with Gasteiger partial charge in [0.05, 0.1) is 0 Å². The maximum absolute atomic E-state index is 13.1. The first-order chi connectivity index (χ1) is 14.4. The quantitative estimate of drug-likeness (QED) is 0.537. The summed E-state index contributed by atoms with van der Waals surface area (Å²) in [5.41, 5.74) is 0.0708. The average Bonchev–Trinajstić information content (AvgIpc) is 3.21. The Hall–Kier alpha value is -3.95. The highest BCUT2D eigenvalue weighted by atomic mass is 19.4. The Morgan fingerprint density at radius 1 is 1.07 bits per heavy atom. The second-order valence-corrected chi connectivity index (χ2v) is 6.25. The molecule has 0 saturated carbocycles. The molecular weight excluding hydrogens is 399 g/mol. The SMILES string of the molecule is O=C(NCc1ccccc1)c1cccc(Oc2cc(C(F)(F)F)nc3ncnn23)c1. The van der Waals surface area contributed by atoms with Crippen LogP contribution in [0.2, 0.25) is 0 Å². The predicted octanol–water partition coefficient (Wildman–Crippen LogP) is 3.87. The zero-order valence-corrected chi connectivity index (χ0v) is 15.3. The number of fused-ring (bicyclic) bond motifs is 1. The summed E-state index contributed by atoms with van der Waals surface area (Å²) in [6.07, 6.45) is -3.60. The van der Waals surface area contributed by atoms with E-state index in [4.69, 9.17) is 4.74 Å². The van der Waals surface area contributed by atoms with Crippen LogP contribution in [0.15, 0.2) is 67.0 Å². The fourth-order valence-electron chi connectivity index (χ4n) is 2.70. The van der Waals surface area contributed by atoms with E-state index < -0.39 is 11.9 Å². The molecule has 0 spiro atoms. The van der Waals surface area contributed by atoms with Gasteiger partial charge in [-0.25, -0.2) is 4.98 Å². The van der Waals surface area contributed by atoms with Crippen molar-refractivity contribution in [3.05, 3.63) is 83.8 Å². The molecule has 2 aromatic carbocycles. The fourth-order valence-corrected chi connectivity index (χ4v) is 2.70. The highest BCUT2D eigenvalue weighted by Crippen LogP contribution is 2.31. The third kappa shape index (κ3) is 4.22. The number of hydrogen-bond acceptors (Lipinski definition) is 5. The smallest absolute Gasteiger partial charge is 0.433 e. The summed E-state index contributed by atoms with van der Waals surface area (Å²) in [6, 6.07) is 16.2. The van der Waals surface area contributed by atoms with Gasteiger partial charge in [0.1, 0.15) is 12.1 Å². The van der Waals surface area contributed by atoms with Gasteiger partial charge >= 0.3 is 6.18 Å². The van der Waals surface area contributed by atoms with Gasteiger partial charge in [0.15, 0.2) is 5.69 Å². The first-order valence-corrected chi connectivity index (χ1v) is 8.78. The molecule has 0 radical (unpaired) electrons. The van der Waals surface area contributed by atoms with E-state index in [2.05, 4.69) is 20.4 Å². The molecule has 0 aliphatic heterocycles. The zero-order valence-electron chi connectivity index (χ0n) is 15.3. The standard InChI is InChI=1S/C20H14F3N5O2/c21-20(22,23)16-10-17(28-19(27-16)25-12-26-28)30-15-8-4-7-14(9-15)18(29)24-11-13-5-2-1-3-6-13/h1-10,12H,11H2,(H,24,29). The highest BCUT2D eigenvalue weighted by molar-refractivity contribution is 5.94. The Morgan fingerprint density at radius 3 is 2.63 bits per heavy atom. The molecule has 152 valence electrons. The summed E-state index contributed by atoms with van der Waals surface area (Å²) in [7, 11) is 0. The molecule has 7 nitrogen and oxygen atoms in total. The van der Waals surface area contributed by atoms with Gasteiger partial charge in [0.2, 0.25) is 5.88 Å². The molecule has 1 N–H and O–H groups in total. The number of rotatable bonds is 5. The van der Waals surface area contributed by atoms with E-state index in [0.29, 0.717) is 12.1 Å². The second kappa shape index (κ2) is 7.82. The fraction of sp³-hybridized carbons (Fsp3) is 0.100. The molecule has 10 heteroatoms. The summed E-state index contributed by atoms with van der Waals surface area (Å²) in [4.78, 5) is 19.5. The Kier molecular flexibility index (Phi) is 5.05. The first kappa shape index (κ1) is 19.4. The van der Waals surface area contributed by atoms with Gasteiger partial charge in [0.25, 0.3) is 11.7 Å². The van der Waals surface area contributed by atoms with Gasteiger partial charge < -0.3 is 10.1 Å². The molecule has 0 aliphatic carbocycles. The van der Waals surface area contributed by atoms with Gasteiger partial charge in [-0.3, -0.25) is 4.79 Å². The van der Waals surface area contributed by atoms with Crippen LogP contribution < -0.4 is 10.1 Å². The molecule has 30 heavy (non-hydrogen) atoms. The van der Waals surface area contributed by atoms with Crippen molar-refractivity contribution in [1.82, 2.24) is 24.9 Å². The van der Waals surface area contributed by atoms with E-state index in [1.165, 1.54) is 12.1 Å². The summed E-state index contributed by atoms with van der Waals surface area (Å²) < 4.78 is 45.9. The lowest BCUT2D eigenvalue weighted by atomic mass is 10.2. The predicted molar refractivity (Wildman–Crippen MR) is 99.9 cm³/mol. The number of amides is 1. The van der Waals surface area contributed by atoms with E-state index in [1.807, 2.05) is 30.3 Å². The second-order valence-electron chi connectivity index (χ2n) is 6.25. The number of carbonyl (C=O) groups excluding carboxylic acids is 1. The van der Waals surface area contributed by atoms with Gasteiger partial charge in [0, 0.05) is 18.2 Å². The minimum absolute atomic E-state index is 0.165. The first-order valence-electron chi connectivity index (χ1n) is 8.78. The van der Waals surface area contributed by atoms with Crippen molar-refractivity contribution in [3.63, 3.8) is 0 Å². The number of ether oxygens (including phenoxy) is 1. The molecule has 1 amide bonds. The van der Waals surface area contributed by atoms with Crippen LogP contribution in [-0.2, 0) is 12.7 Å². The average molecular weight is 413 g/mol. The number of carbonyl (C=O) groups is 1. The number of nitrogens with one attached hydrogen (secondary N) is 1. The number of hydrogen-bond donors (Lipinski definition) is 1. The van der Waals surface area contributed by atoms with Gasteiger partial charge in [-0.15, -0.1) is 0 Å². The topological polar surface area (TPSA) is 81.4 Å². The van der Waals surface area contributed by atoms with E-state index in [9.17, 15) is 18.0 Å². The molecule has 0 saturated heterocycles. The lowest BCUT2D eigenvalue weighted by Gasteiger charge is -2.11. The molecular formula is C20H14F3N5O2. The van der Waals surface area contributed by atoms with Crippen molar-refractivity contribution in [2.45, 2.75) is 12.7 Å². The number of halogens is 3. The van der Waals surface area contributed by atoms with Gasteiger partial charge in [-0.2, -0.15) is 27.8 Å². The van der Waals surface area contributed by atoms with Crippen LogP contribution >= 0.6 is 0 Å². The normalized spacial score (nSPS) is 11.4. The minimum atomic E-state index is -4.68. The Labute approximate surface area is 168 Å². The minimum Gasteiger partial charge on any atom is -0.439 e. The van der Waals surface area contributed by atoms with Crippen molar-refractivity contribution < 1.29 is 22.7 Å². The lowest BCUT2D eigenvalue weighted by molar-refractivity contribution is -0.141. The van der Waals surface area contributed by atoms with Crippen LogP contribution in [0, 0.1) is 0 Å². The van der Waals surface area contributed by atoms with Crippen molar-refractivity contribution in [2.75, 3.05) is 0 Å². The third-order valence-electron chi connectivity index (χ3n) is 4.12. The third-order valence-corrected chi connectivity index (χ3v) is 4.12. The summed E-state index contributed by atoms with van der Waals surface area (Å²) in [6.45, 7) is 0.337. The summed E-state index contributed by atoms with van der Waals surface area (Å²) >= 11 is 0. The molecule has 0 atom stereocenters. The van der Waals surface area contributed by atoms with E-state index in [0.717, 1.165) is 22.5 Å². The maximum Gasteiger partial charge on any atom is 0.433 e. The Bertz CT molecular complexity index is 1190. The molecule has 2 aromatic heterocycles. The molecule has 0 aliphatic rings. The molecule has 4 aromatic rings. The van der Waals surface area contributed by atoms with Gasteiger partial charge in [-0.1, -0.05) is 36.4 Å². The number of aromatic nitrogens is 4. The van der Waals surface area contributed by atoms with Crippen LogP contribution in [0.1, 0.15) is 21.6 Å². The Morgan fingerprint density at radius 2 is 1.87 bits per heavy atom. The zero-order chi connectivity index (χ0) is 21.1. The van der Waals surface area contributed by atoms with Crippen LogP contribution in [0.4, 0.5) is 13.2 Å². The number of benzene rings is 2. The van der Waals surface area contributed by atoms with Crippen molar-refractivity contribution in [2.24, 2.45) is 0 Å². The molecule has 0 fully saturated rings. The van der Waals surface area contributed by atoms with E-state index in [-0.39, 0.29) is 23.3 Å². The van der Waals surface area contributed by atoms with Crippen LogP contribution in [0.3, 0.4) is 0 Å². The number of alkyl halides is 3. The molecule has 0 bridgehead atoms. The largest absolute Gasteiger partial charge is 0.439 e. The molecule has 4 rings (SSSR count). The molecule has 0 unspecified atom stereocenters. The monoisotopic (exact) mass is 413 g/mol. The van der Waals surface area contributed by atoms with Crippen LogP contribution in [-0.4, -0.2) is 25.5 Å². The molecule has 2 heterocycles. The lowest BCUT2D eigenvalue weighted by Crippen LogP contribution is -2.22. The van der Waals surface area contributed by atoms with Crippen LogP contribution in [0.25, 0.3) is 5.78 Å². The van der Waals surface area contributed by atoms with Crippen molar-refractivity contribution >= 4 is 11.7 Å². The summed E-state index contributed by atoms with van der Waals surface area (Å²) in [5, 5.41) is 6.61. The van der Waals surface area contributed by atoms with E-state index in [1.54, 1.807) is 12.1 Å². The maximum atomic E-state index is 13.1. The number of nitrogens with zero attached hydrogens (tertiary/aromatic N) is 4. The van der Waals surface area contributed by atoms with Crippen LogP contribution in [0.5, 0.6) is 11.6 Å².